The first-order valence-electron chi connectivity index (χ1n) is 10.3. The molecule has 4 rings (SSSR count). The van der Waals surface area contributed by atoms with Crippen molar-refractivity contribution in [3.05, 3.63) is 59.0 Å². The Morgan fingerprint density at radius 1 is 1.24 bits per heavy atom. The second-order valence-corrected chi connectivity index (χ2v) is 8.84. The largest absolute Gasteiger partial charge is 0.335 e. The van der Waals surface area contributed by atoms with E-state index in [0.29, 0.717) is 36.4 Å². The lowest BCUT2D eigenvalue weighted by atomic mass is 10.1. The Hall–Kier alpha value is -2.40. The molecule has 3 aromatic rings. The van der Waals surface area contributed by atoms with Crippen LogP contribution in [0.2, 0.25) is 5.02 Å². The minimum Gasteiger partial charge on any atom is -0.335 e. The summed E-state index contributed by atoms with van der Waals surface area (Å²) in [5.41, 5.74) is 2.79. The van der Waals surface area contributed by atoms with Crippen LogP contribution in [-0.4, -0.2) is 31.9 Å². The third-order valence-corrected chi connectivity index (χ3v) is 5.51. The summed E-state index contributed by atoms with van der Waals surface area (Å²) in [5.74, 6) is 2.12. The first-order chi connectivity index (χ1) is 14.0. The normalized spacial score (nSPS) is 13.9. The third kappa shape index (κ3) is 4.96. The van der Waals surface area contributed by atoms with Gasteiger partial charge in [0.25, 0.3) is 0 Å². The molecular formula is C23H27ClN4O. The molecular weight excluding hydrogens is 384 g/mol. The van der Waals surface area contributed by atoms with Crippen molar-refractivity contribution in [2.24, 2.45) is 11.8 Å². The number of rotatable bonds is 8. The monoisotopic (exact) mass is 410 g/mol. The van der Waals surface area contributed by atoms with Crippen LogP contribution in [0.25, 0.3) is 11.2 Å². The minimum absolute atomic E-state index is 0.110. The van der Waals surface area contributed by atoms with Crippen molar-refractivity contribution in [3.8, 4) is 0 Å². The number of carbonyl (C=O) groups is 1. The Balaban J connectivity index is 1.59. The second-order valence-electron chi connectivity index (χ2n) is 8.40. The molecule has 152 valence electrons. The van der Waals surface area contributed by atoms with Crippen LogP contribution in [0.5, 0.6) is 0 Å². The van der Waals surface area contributed by atoms with Crippen molar-refractivity contribution in [1.29, 1.82) is 0 Å². The molecule has 1 amide bonds. The van der Waals surface area contributed by atoms with Crippen LogP contribution in [0, 0.1) is 11.8 Å². The summed E-state index contributed by atoms with van der Waals surface area (Å²) in [6.07, 6.45) is 4.70. The maximum atomic E-state index is 13.1. The van der Waals surface area contributed by atoms with Crippen LogP contribution in [0.3, 0.4) is 0 Å². The van der Waals surface area contributed by atoms with E-state index in [1.165, 1.54) is 12.8 Å². The molecule has 0 unspecified atom stereocenters. The smallest absolute Gasteiger partial charge is 0.227 e. The van der Waals surface area contributed by atoms with Gasteiger partial charge in [0.1, 0.15) is 11.3 Å². The Labute approximate surface area is 176 Å². The standard InChI is InChI=1S/C23H27ClN4O/c1-16(2)13-27(22(29)12-17-7-9-19(24)10-8-17)15-21-26-20-4-3-11-25-23(20)28(21)14-18-5-6-18/h3-4,7-11,16,18H,5-6,12-15H2,1-2H3. The maximum Gasteiger partial charge on any atom is 0.227 e. The minimum atomic E-state index is 0.110. The highest BCUT2D eigenvalue weighted by Gasteiger charge is 2.26. The van der Waals surface area contributed by atoms with Gasteiger partial charge in [0.2, 0.25) is 5.91 Å². The highest BCUT2D eigenvalue weighted by atomic mass is 35.5. The van der Waals surface area contributed by atoms with E-state index in [1.807, 2.05) is 47.5 Å². The average Bonchev–Trinajstić information content (AvgIpc) is 3.45. The Bertz CT molecular complexity index is 992. The van der Waals surface area contributed by atoms with Gasteiger partial charge in [-0.2, -0.15) is 0 Å². The lowest BCUT2D eigenvalue weighted by Crippen LogP contribution is -2.35. The van der Waals surface area contributed by atoms with Crippen molar-refractivity contribution in [2.75, 3.05) is 6.54 Å². The first-order valence-corrected chi connectivity index (χ1v) is 10.7. The zero-order valence-corrected chi connectivity index (χ0v) is 17.8. The molecule has 0 N–H and O–H groups in total. The highest BCUT2D eigenvalue weighted by Crippen LogP contribution is 2.32. The van der Waals surface area contributed by atoms with E-state index in [0.717, 1.165) is 29.1 Å². The molecule has 0 aliphatic heterocycles. The summed E-state index contributed by atoms with van der Waals surface area (Å²) in [4.78, 5) is 24.5. The molecule has 0 bridgehead atoms. The quantitative estimate of drug-likeness (QED) is 0.539. The van der Waals surface area contributed by atoms with E-state index in [-0.39, 0.29) is 5.91 Å². The number of benzene rings is 1. The molecule has 1 aliphatic carbocycles. The predicted octanol–water partition coefficient (Wildman–Crippen LogP) is 4.72. The molecule has 2 aromatic heterocycles. The second kappa shape index (κ2) is 8.54. The molecule has 1 aliphatic rings. The number of imidazole rings is 1. The lowest BCUT2D eigenvalue weighted by molar-refractivity contribution is -0.131. The van der Waals surface area contributed by atoms with E-state index in [4.69, 9.17) is 16.6 Å². The molecule has 1 saturated carbocycles. The molecule has 0 atom stereocenters. The van der Waals surface area contributed by atoms with Gasteiger partial charge in [0.05, 0.1) is 13.0 Å². The molecule has 2 heterocycles. The first kappa shape index (κ1) is 19.9. The number of fused-ring (bicyclic) bond motifs is 1. The van der Waals surface area contributed by atoms with E-state index in [2.05, 4.69) is 23.4 Å². The lowest BCUT2D eigenvalue weighted by Gasteiger charge is -2.25. The molecule has 1 fully saturated rings. The summed E-state index contributed by atoms with van der Waals surface area (Å²) in [6, 6.07) is 11.4. The SMILES string of the molecule is CC(C)CN(Cc1nc2cccnc2n1CC1CC1)C(=O)Cc1ccc(Cl)cc1. The van der Waals surface area contributed by atoms with Crippen LogP contribution in [0.1, 0.15) is 38.1 Å². The fourth-order valence-corrected chi connectivity index (χ4v) is 3.76. The summed E-state index contributed by atoms with van der Waals surface area (Å²) in [6.45, 7) is 6.42. The Kier molecular flexibility index (Phi) is 5.86. The zero-order chi connectivity index (χ0) is 20.4. The summed E-state index contributed by atoms with van der Waals surface area (Å²) >= 11 is 5.98. The summed E-state index contributed by atoms with van der Waals surface area (Å²) < 4.78 is 2.22. The van der Waals surface area contributed by atoms with Crippen LogP contribution < -0.4 is 0 Å². The van der Waals surface area contributed by atoms with Crippen LogP contribution in [0.15, 0.2) is 42.6 Å². The number of amides is 1. The molecule has 1 aromatic carbocycles. The van der Waals surface area contributed by atoms with Gasteiger partial charge in [-0.1, -0.05) is 37.6 Å². The zero-order valence-electron chi connectivity index (χ0n) is 17.0. The topological polar surface area (TPSA) is 51.0 Å². The van der Waals surface area contributed by atoms with Crippen molar-refractivity contribution in [1.82, 2.24) is 19.4 Å². The van der Waals surface area contributed by atoms with E-state index < -0.39 is 0 Å². The summed E-state index contributed by atoms with van der Waals surface area (Å²) in [5, 5.41) is 0.682. The fraction of sp³-hybridized carbons (Fsp3) is 0.435. The number of nitrogens with zero attached hydrogens (tertiary/aromatic N) is 4. The number of hydrogen-bond donors (Lipinski definition) is 0. The summed E-state index contributed by atoms with van der Waals surface area (Å²) in [7, 11) is 0. The van der Waals surface area contributed by atoms with Gasteiger partial charge >= 0.3 is 0 Å². The molecule has 0 radical (unpaired) electrons. The van der Waals surface area contributed by atoms with Gasteiger partial charge in [0.15, 0.2) is 5.65 Å². The highest BCUT2D eigenvalue weighted by molar-refractivity contribution is 6.30. The van der Waals surface area contributed by atoms with Crippen molar-refractivity contribution < 1.29 is 4.79 Å². The molecule has 5 nitrogen and oxygen atoms in total. The van der Waals surface area contributed by atoms with E-state index >= 15 is 0 Å². The van der Waals surface area contributed by atoms with Gasteiger partial charge in [-0.15, -0.1) is 0 Å². The van der Waals surface area contributed by atoms with Gasteiger partial charge in [0, 0.05) is 24.3 Å². The van der Waals surface area contributed by atoms with Crippen LogP contribution in [0.4, 0.5) is 0 Å². The van der Waals surface area contributed by atoms with Gasteiger partial charge in [-0.3, -0.25) is 4.79 Å². The van der Waals surface area contributed by atoms with Gasteiger partial charge < -0.3 is 9.47 Å². The predicted molar refractivity (Wildman–Crippen MR) is 116 cm³/mol. The number of halogens is 1. The molecule has 29 heavy (non-hydrogen) atoms. The van der Waals surface area contributed by atoms with Crippen molar-refractivity contribution in [3.63, 3.8) is 0 Å². The Morgan fingerprint density at radius 3 is 2.69 bits per heavy atom. The number of pyridine rings is 1. The average molecular weight is 411 g/mol. The van der Waals surface area contributed by atoms with E-state index in [9.17, 15) is 4.79 Å². The molecule has 0 spiro atoms. The molecule has 0 saturated heterocycles. The number of hydrogen-bond acceptors (Lipinski definition) is 3. The Morgan fingerprint density at radius 2 is 2.00 bits per heavy atom. The van der Waals surface area contributed by atoms with Crippen LogP contribution in [-0.2, 0) is 24.3 Å². The number of carbonyl (C=O) groups excluding carboxylic acids is 1. The maximum absolute atomic E-state index is 13.1. The molecule has 6 heteroatoms. The van der Waals surface area contributed by atoms with Crippen LogP contribution >= 0.6 is 11.6 Å². The van der Waals surface area contributed by atoms with E-state index in [1.54, 1.807) is 0 Å². The number of aromatic nitrogens is 3. The van der Waals surface area contributed by atoms with Crippen molar-refractivity contribution >= 4 is 28.7 Å². The fourth-order valence-electron chi connectivity index (χ4n) is 3.63. The third-order valence-electron chi connectivity index (χ3n) is 5.26. The van der Waals surface area contributed by atoms with Gasteiger partial charge in [-0.05, 0) is 54.5 Å². The van der Waals surface area contributed by atoms with Gasteiger partial charge in [-0.25, -0.2) is 9.97 Å². The van der Waals surface area contributed by atoms with Crippen molar-refractivity contribution in [2.45, 2.75) is 46.2 Å².